The molecule has 0 aromatic heterocycles. The van der Waals surface area contributed by atoms with Gasteiger partial charge >= 0.3 is 0 Å². The largest absolute Gasteiger partial charge is 0.396 e. The summed E-state index contributed by atoms with van der Waals surface area (Å²) in [6.07, 6.45) is 8.42. The summed E-state index contributed by atoms with van der Waals surface area (Å²) in [6.45, 7) is 12.0. The molecule has 8 heteroatoms. The molecule has 0 aliphatic carbocycles. The Bertz CT molecular complexity index is 1050. The molecule has 1 spiro atoms. The first-order valence-corrected chi connectivity index (χ1v) is 15.2. The van der Waals surface area contributed by atoms with Crippen LogP contribution in [0, 0.1) is 11.8 Å². The molecule has 0 radical (unpaired) electrons. The van der Waals surface area contributed by atoms with E-state index in [1.807, 2.05) is 35.2 Å². The van der Waals surface area contributed by atoms with Gasteiger partial charge in [-0.2, -0.15) is 0 Å². The summed E-state index contributed by atoms with van der Waals surface area (Å²) in [4.78, 5) is 47.9. The number of likely N-dealkylation sites (tertiary alicyclic amines) is 1. The zero-order chi connectivity index (χ0) is 28.0. The number of nitrogens with zero attached hydrogens (tertiary/aromatic N) is 3. The number of benzene rings is 1. The van der Waals surface area contributed by atoms with Crippen molar-refractivity contribution in [3.8, 4) is 0 Å². The Balaban J connectivity index is 1.66. The summed E-state index contributed by atoms with van der Waals surface area (Å²) < 4.78 is -0.620. The van der Waals surface area contributed by atoms with Crippen molar-refractivity contribution in [2.24, 2.45) is 11.8 Å². The van der Waals surface area contributed by atoms with E-state index in [0.29, 0.717) is 39.1 Å². The van der Waals surface area contributed by atoms with E-state index in [4.69, 9.17) is 0 Å². The molecular weight excluding hydrogens is 510 g/mol. The number of rotatable bonds is 15. The third kappa shape index (κ3) is 5.68. The van der Waals surface area contributed by atoms with Crippen LogP contribution in [0.25, 0.3) is 0 Å². The zero-order valence-corrected chi connectivity index (χ0v) is 24.0. The van der Waals surface area contributed by atoms with E-state index in [1.54, 1.807) is 33.7 Å². The number of fused-ring (bicyclic) bond motifs is 1. The highest BCUT2D eigenvalue weighted by Crippen LogP contribution is 2.66. The summed E-state index contributed by atoms with van der Waals surface area (Å²) in [5.74, 6) is -1.20. The van der Waals surface area contributed by atoms with Crippen molar-refractivity contribution >= 4 is 29.5 Å². The van der Waals surface area contributed by atoms with E-state index in [0.717, 1.165) is 37.7 Å². The van der Waals surface area contributed by atoms with Crippen LogP contribution in [0.3, 0.4) is 0 Å². The normalized spacial score (nSPS) is 26.9. The monoisotopic (exact) mass is 553 g/mol. The molecule has 7 nitrogen and oxygen atoms in total. The van der Waals surface area contributed by atoms with Gasteiger partial charge in [0.1, 0.15) is 6.04 Å². The number of aliphatic hydroxyl groups excluding tert-OH is 1. The molecule has 3 amide bonds. The first kappa shape index (κ1) is 29.4. The fraction of sp³-hybridized carbons (Fsp3) is 0.581. The van der Waals surface area contributed by atoms with Crippen molar-refractivity contribution in [2.75, 3.05) is 32.8 Å². The Morgan fingerprint density at radius 2 is 1.82 bits per heavy atom. The van der Waals surface area contributed by atoms with Gasteiger partial charge in [0.05, 0.1) is 16.6 Å². The van der Waals surface area contributed by atoms with E-state index < -0.39 is 22.6 Å². The maximum Gasteiger partial charge on any atom is 0.247 e. The molecule has 1 N–H and O–H groups in total. The average molecular weight is 554 g/mol. The third-order valence-corrected chi connectivity index (χ3v) is 10.4. The van der Waals surface area contributed by atoms with Gasteiger partial charge in [-0.05, 0) is 31.2 Å². The van der Waals surface area contributed by atoms with Gasteiger partial charge in [0.15, 0.2) is 0 Å². The highest BCUT2D eigenvalue weighted by atomic mass is 32.2. The lowest BCUT2D eigenvalue weighted by Gasteiger charge is -2.37. The Labute approximate surface area is 237 Å². The molecule has 212 valence electrons. The minimum Gasteiger partial charge on any atom is -0.396 e. The van der Waals surface area contributed by atoms with Crippen LogP contribution in [0.5, 0.6) is 0 Å². The van der Waals surface area contributed by atoms with Crippen LogP contribution in [0.15, 0.2) is 55.6 Å². The number of carbonyl (C=O) groups excluding carboxylic acids is 3. The molecule has 0 saturated carbocycles. The highest BCUT2D eigenvalue weighted by Gasteiger charge is 2.73. The van der Waals surface area contributed by atoms with Crippen LogP contribution in [-0.2, 0) is 20.9 Å². The molecule has 3 aliphatic rings. The van der Waals surface area contributed by atoms with E-state index >= 15 is 0 Å². The molecule has 39 heavy (non-hydrogen) atoms. The van der Waals surface area contributed by atoms with Crippen LogP contribution in [0.4, 0.5) is 0 Å². The fourth-order valence-electron chi connectivity index (χ4n) is 6.77. The SMILES string of the molecule is C=CCN(CCCCC)C(=O)C1N(CCCO)C(=O)[C@@H]2[C@H](C(=O)N(CC=C)Cc3ccccc3)[C@@H]3CCC12S3. The summed E-state index contributed by atoms with van der Waals surface area (Å²) >= 11 is 1.70. The maximum absolute atomic E-state index is 14.2. The summed E-state index contributed by atoms with van der Waals surface area (Å²) in [5.41, 5.74) is 1.03. The Kier molecular flexibility index (Phi) is 9.94. The van der Waals surface area contributed by atoms with Crippen LogP contribution in [-0.4, -0.2) is 86.4 Å². The maximum atomic E-state index is 14.2. The minimum atomic E-state index is -0.627. The second kappa shape index (κ2) is 13.2. The van der Waals surface area contributed by atoms with Gasteiger partial charge < -0.3 is 19.8 Å². The molecule has 2 unspecified atom stereocenters. The predicted octanol–water partition coefficient (Wildman–Crippen LogP) is 3.88. The number of unbranched alkanes of at least 4 members (excludes halogenated alkanes) is 2. The van der Waals surface area contributed by atoms with Gasteiger partial charge in [-0.15, -0.1) is 24.9 Å². The van der Waals surface area contributed by atoms with Crippen molar-refractivity contribution in [3.63, 3.8) is 0 Å². The molecule has 3 heterocycles. The number of aliphatic hydroxyl groups is 1. The number of hydrogen-bond donors (Lipinski definition) is 1. The summed E-state index contributed by atoms with van der Waals surface area (Å²) in [7, 11) is 0. The van der Waals surface area contributed by atoms with Crippen molar-refractivity contribution < 1.29 is 19.5 Å². The molecule has 3 fully saturated rings. The van der Waals surface area contributed by atoms with Gasteiger partial charge in [0.25, 0.3) is 0 Å². The zero-order valence-electron chi connectivity index (χ0n) is 23.2. The summed E-state index contributed by atoms with van der Waals surface area (Å²) in [5, 5.41) is 9.61. The Morgan fingerprint density at radius 1 is 1.10 bits per heavy atom. The average Bonchev–Trinajstić information content (AvgIpc) is 3.58. The molecule has 1 aromatic carbocycles. The number of amides is 3. The molecule has 4 rings (SSSR count). The first-order valence-electron chi connectivity index (χ1n) is 14.4. The van der Waals surface area contributed by atoms with Gasteiger partial charge in [-0.3, -0.25) is 14.4 Å². The third-order valence-electron chi connectivity index (χ3n) is 8.45. The number of hydrogen-bond acceptors (Lipinski definition) is 5. The standard InChI is InChI=1S/C31H43N3O4S/c1-4-7-11-19-32(17-5-2)30(38)27-31-16-15-24(39-31)25(26(31)29(37)34(27)20-12-21-35)28(36)33(18-6-3)22-23-13-9-8-10-14-23/h5-6,8-10,13-14,24-27,35H,2-4,7,11-12,15-22H2,1H3/t24-,25+,26-,27?,31?/m0/s1. The highest BCUT2D eigenvalue weighted by molar-refractivity contribution is 8.02. The van der Waals surface area contributed by atoms with Crippen molar-refractivity contribution in [1.82, 2.24) is 14.7 Å². The van der Waals surface area contributed by atoms with Gasteiger partial charge in [-0.1, -0.05) is 62.2 Å². The quantitative estimate of drug-likeness (QED) is 0.263. The van der Waals surface area contributed by atoms with E-state index in [-0.39, 0.29) is 29.6 Å². The first-order chi connectivity index (χ1) is 18.9. The van der Waals surface area contributed by atoms with E-state index in [2.05, 4.69) is 20.1 Å². The van der Waals surface area contributed by atoms with Crippen molar-refractivity contribution in [1.29, 1.82) is 0 Å². The van der Waals surface area contributed by atoms with Crippen molar-refractivity contribution in [3.05, 3.63) is 61.2 Å². The lowest BCUT2D eigenvalue weighted by Crippen LogP contribution is -2.55. The topological polar surface area (TPSA) is 81.2 Å². The van der Waals surface area contributed by atoms with Gasteiger partial charge in [-0.25, -0.2) is 0 Å². The number of carbonyl (C=O) groups is 3. The smallest absolute Gasteiger partial charge is 0.247 e. The predicted molar refractivity (Wildman–Crippen MR) is 156 cm³/mol. The summed E-state index contributed by atoms with van der Waals surface area (Å²) in [6, 6.07) is 9.24. The van der Waals surface area contributed by atoms with E-state index in [1.165, 1.54) is 0 Å². The molecule has 2 bridgehead atoms. The van der Waals surface area contributed by atoms with Crippen LogP contribution >= 0.6 is 11.8 Å². The molecule has 1 aromatic rings. The van der Waals surface area contributed by atoms with Crippen LogP contribution in [0.1, 0.15) is 51.0 Å². The fourth-order valence-corrected chi connectivity index (χ4v) is 8.98. The minimum absolute atomic E-state index is 0.0118. The molecule has 5 atom stereocenters. The Hall–Kier alpha value is -2.58. The molecule has 3 aliphatic heterocycles. The van der Waals surface area contributed by atoms with Gasteiger partial charge in [0.2, 0.25) is 17.7 Å². The lowest BCUT2D eigenvalue weighted by molar-refractivity contribution is -0.145. The second-order valence-corrected chi connectivity index (χ2v) is 12.5. The molecule has 3 saturated heterocycles. The lowest BCUT2D eigenvalue weighted by atomic mass is 9.70. The molecular formula is C31H43N3O4S. The van der Waals surface area contributed by atoms with Crippen LogP contribution in [0.2, 0.25) is 0 Å². The van der Waals surface area contributed by atoms with Crippen molar-refractivity contribution in [2.45, 2.75) is 68.0 Å². The Morgan fingerprint density at radius 3 is 2.49 bits per heavy atom. The van der Waals surface area contributed by atoms with Crippen LogP contribution < -0.4 is 0 Å². The number of thioether (sulfide) groups is 1. The van der Waals surface area contributed by atoms with E-state index in [9.17, 15) is 19.5 Å². The second-order valence-electron chi connectivity index (χ2n) is 10.9. The van der Waals surface area contributed by atoms with Gasteiger partial charge in [0, 0.05) is 44.6 Å².